The Balaban J connectivity index is 1.65. The van der Waals surface area contributed by atoms with E-state index in [0.717, 1.165) is 10.4 Å². The monoisotopic (exact) mass is 358 g/mol. The zero-order valence-corrected chi connectivity index (χ0v) is 15.6. The molecule has 0 unspecified atom stereocenters. The van der Waals surface area contributed by atoms with Crippen LogP contribution in [0.4, 0.5) is 0 Å². The summed E-state index contributed by atoms with van der Waals surface area (Å²) in [6.45, 7) is 5.77. The van der Waals surface area contributed by atoms with E-state index in [-0.39, 0.29) is 18.4 Å². The lowest BCUT2D eigenvalue weighted by molar-refractivity contribution is -0.135. The van der Waals surface area contributed by atoms with Gasteiger partial charge in [0.2, 0.25) is 5.91 Å². The fraction of sp³-hybridized carbons (Fsp3) is 0.368. The van der Waals surface area contributed by atoms with E-state index in [1.807, 2.05) is 49.1 Å². The standard InChI is InChI=1S/C19H22N2O3S/c1-13-4-6-15(7-5-13)11-20-8-9-21(12-17(20)22)19(23)18-16(24-3)10-14(2)25-18/h4-7,10H,8-9,11-12H2,1-3H3. The van der Waals surface area contributed by atoms with Crippen LogP contribution in [-0.4, -0.2) is 48.4 Å². The maximum atomic E-state index is 12.7. The van der Waals surface area contributed by atoms with E-state index in [1.54, 1.807) is 12.0 Å². The average Bonchev–Trinajstić information content (AvgIpc) is 2.99. The number of benzene rings is 1. The molecule has 1 aliphatic heterocycles. The number of carbonyl (C=O) groups is 2. The Morgan fingerprint density at radius 1 is 1.20 bits per heavy atom. The number of amides is 2. The summed E-state index contributed by atoms with van der Waals surface area (Å²) < 4.78 is 5.28. The second kappa shape index (κ2) is 7.27. The van der Waals surface area contributed by atoms with Crippen LogP contribution in [0.25, 0.3) is 0 Å². The number of aryl methyl sites for hydroxylation is 2. The number of nitrogens with zero attached hydrogens (tertiary/aromatic N) is 2. The lowest BCUT2D eigenvalue weighted by Gasteiger charge is -2.34. The van der Waals surface area contributed by atoms with Gasteiger partial charge in [-0.05, 0) is 25.5 Å². The van der Waals surface area contributed by atoms with Crippen LogP contribution in [0.5, 0.6) is 5.75 Å². The van der Waals surface area contributed by atoms with Crippen LogP contribution in [0.1, 0.15) is 25.7 Å². The topological polar surface area (TPSA) is 49.9 Å². The van der Waals surface area contributed by atoms with Crippen molar-refractivity contribution < 1.29 is 14.3 Å². The lowest BCUT2D eigenvalue weighted by atomic mass is 10.1. The molecule has 5 nitrogen and oxygen atoms in total. The molecule has 1 aromatic heterocycles. The highest BCUT2D eigenvalue weighted by Gasteiger charge is 2.30. The molecule has 132 valence electrons. The number of hydrogen-bond donors (Lipinski definition) is 0. The van der Waals surface area contributed by atoms with Gasteiger partial charge in [0.25, 0.3) is 5.91 Å². The molecule has 1 aliphatic rings. The van der Waals surface area contributed by atoms with E-state index in [0.29, 0.717) is 30.3 Å². The Morgan fingerprint density at radius 2 is 1.92 bits per heavy atom. The van der Waals surface area contributed by atoms with Crippen molar-refractivity contribution in [2.24, 2.45) is 0 Å². The molecule has 0 aliphatic carbocycles. The van der Waals surface area contributed by atoms with Crippen molar-refractivity contribution in [1.29, 1.82) is 0 Å². The lowest BCUT2D eigenvalue weighted by Crippen LogP contribution is -2.51. The van der Waals surface area contributed by atoms with Crippen molar-refractivity contribution >= 4 is 23.2 Å². The summed E-state index contributed by atoms with van der Waals surface area (Å²) in [7, 11) is 1.56. The third-order valence-electron chi connectivity index (χ3n) is 4.34. The van der Waals surface area contributed by atoms with Gasteiger partial charge in [-0.15, -0.1) is 11.3 Å². The second-order valence-electron chi connectivity index (χ2n) is 6.28. The van der Waals surface area contributed by atoms with E-state index >= 15 is 0 Å². The zero-order chi connectivity index (χ0) is 18.0. The SMILES string of the molecule is COc1cc(C)sc1C(=O)N1CCN(Cc2ccc(C)cc2)C(=O)C1. The number of rotatable bonds is 4. The summed E-state index contributed by atoms with van der Waals surface area (Å²) in [4.78, 5) is 30.2. The van der Waals surface area contributed by atoms with E-state index in [9.17, 15) is 9.59 Å². The van der Waals surface area contributed by atoms with Gasteiger partial charge >= 0.3 is 0 Å². The maximum Gasteiger partial charge on any atom is 0.268 e. The van der Waals surface area contributed by atoms with Gasteiger partial charge in [-0.1, -0.05) is 29.8 Å². The van der Waals surface area contributed by atoms with E-state index in [1.165, 1.54) is 16.9 Å². The van der Waals surface area contributed by atoms with Gasteiger partial charge in [0.15, 0.2) is 0 Å². The zero-order valence-electron chi connectivity index (χ0n) is 14.7. The van der Waals surface area contributed by atoms with Gasteiger partial charge in [0, 0.05) is 24.5 Å². The van der Waals surface area contributed by atoms with Gasteiger partial charge in [0.1, 0.15) is 17.2 Å². The number of hydrogen-bond acceptors (Lipinski definition) is 4. The first kappa shape index (κ1) is 17.5. The quantitative estimate of drug-likeness (QED) is 0.844. The van der Waals surface area contributed by atoms with Crippen LogP contribution in [-0.2, 0) is 11.3 Å². The van der Waals surface area contributed by atoms with Crippen molar-refractivity contribution in [2.45, 2.75) is 20.4 Å². The predicted molar refractivity (Wildman–Crippen MR) is 98.1 cm³/mol. The summed E-state index contributed by atoms with van der Waals surface area (Å²) in [5.41, 5.74) is 2.31. The highest BCUT2D eigenvalue weighted by Crippen LogP contribution is 2.30. The number of carbonyl (C=O) groups excluding carboxylic acids is 2. The summed E-state index contributed by atoms with van der Waals surface area (Å²) in [5, 5.41) is 0. The van der Waals surface area contributed by atoms with Crippen molar-refractivity contribution in [1.82, 2.24) is 9.80 Å². The first-order valence-corrected chi connectivity index (χ1v) is 9.06. The van der Waals surface area contributed by atoms with Crippen LogP contribution in [0.3, 0.4) is 0 Å². The van der Waals surface area contributed by atoms with Crippen LogP contribution < -0.4 is 4.74 Å². The normalized spacial score (nSPS) is 14.8. The van der Waals surface area contributed by atoms with Crippen LogP contribution in [0, 0.1) is 13.8 Å². The summed E-state index contributed by atoms with van der Waals surface area (Å²) in [6, 6.07) is 10.0. The fourth-order valence-electron chi connectivity index (χ4n) is 2.90. The maximum absolute atomic E-state index is 12.7. The molecule has 1 fully saturated rings. The fourth-order valence-corrected chi connectivity index (χ4v) is 3.85. The first-order chi connectivity index (χ1) is 12.0. The van der Waals surface area contributed by atoms with E-state index in [4.69, 9.17) is 4.74 Å². The molecule has 1 aromatic carbocycles. The molecule has 2 aromatic rings. The Hall–Kier alpha value is -2.34. The van der Waals surface area contributed by atoms with Crippen molar-refractivity contribution in [3.63, 3.8) is 0 Å². The minimum absolute atomic E-state index is 0.0209. The molecule has 0 spiro atoms. The van der Waals surface area contributed by atoms with Gasteiger partial charge < -0.3 is 14.5 Å². The molecule has 0 atom stereocenters. The van der Waals surface area contributed by atoms with Crippen LogP contribution in [0.2, 0.25) is 0 Å². The molecule has 2 heterocycles. The van der Waals surface area contributed by atoms with E-state index < -0.39 is 0 Å². The molecule has 0 radical (unpaired) electrons. The Morgan fingerprint density at radius 3 is 2.56 bits per heavy atom. The molecule has 6 heteroatoms. The van der Waals surface area contributed by atoms with Gasteiger partial charge in [-0.25, -0.2) is 0 Å². The largest absolute Gasteiger partial charge is 0.495 e. The Bertz CT molecular complexity index is 782. The van der Waals surface area contributed by atoms with Crippen molar-refractivity contribution in [3.05, 3.63) is 51.2 Å². The third-order valence-corrected chi connectivity index (χ3v) is 5.36. The second-order valence-corrected chi connectivity index (χ2v) is 7.54. The minimum Gasteiger partial charge on any atom is -0.495 e. The molecule has 2 amide bonds. The highest BCUT2D eigenvalue weighted by atomic mass is 32.1. The first-order valence-electron chi connectivity index (χ1n) is 8.25. The summed E-state index contributed by atoms with van der Waals surface area (Å²) >= 11 is 1.41. The van der Waals surface area contributed by atoms with Crippen molar-refractivity contribution in [2.75, 3.05) is 26.7 Å². The Labute approximate surface area is 151 Å². The van der Waals surface area contributed by atoms with Gasteiger partial charge in [-0.3, -0.25) is 9.59 Å². The van der Waals surface area contributed by atoms with E-state index in [2.05, 4.69) is 0 Å². The van der Waals surface area contributed by atoms with Gasteiger partial charge in [0.05, 0.1) is 7.11 Å². The molecule has 0 N–H and O–H groups in total. The highest BCUT2D eigenvalue weighted by molar-refractivity contribution is 7.14. The van der Waals surface area contributed by atoms with Gasteiger partial charge in [-0.2, -0.15) is 0 Å². The predicted octanol–water partition coefficient (Wildman–Crippen LogP) is 2.86. The molecular formula is C19H22N2O3S. The minimum atomic E-state index is -0.127. The molecule has 0 saturated carbocycles. The Kier molecular flexibility index (Phi) is 5.08. The number of ether oxygens (including phenoxy) is 1. The third kappa shape index (κ3) is 3.85. The number of methoxy groups -OCH3 is 1. The summed E-state index contributed by atoms with van der Waals surface area (Å²) in [6.07, 6.45) is 0. The number of thiophene rings is 1. The molecular weight excluding hydrogens is 336 g/mol. The van der Waals surface area contributed by atoms with Crippen LogP contribution in [0.15, 0.2) is 30.3 Å². The average molecular weight is 358 g/mol. The molecule has 1 saturated heterocycles. The smallest absolute Gasteiger partial charge is 0.268 e. The van der Waals surface area contributed by atoms with Crippen LogP contribution >= 0.6 is 11.3 Å². The molecule has 0 bridgehead atoms. The van der Waals surface area contributed by atoms with Crippen molar-refractivity contribution in [3.8, 4) is 5.75 Å². The summed E-state index contributed by atoms with van der Waals surface area (Å²) in [5.74, 6) is 0.438. The molecule has 25 heavy (non-hydrogen) atoms. The number of piperazine rings is 1. The molecule has 3 rings (SSSR count).